The molecule has 0 unspecified atom stereocenters. The van der Waals surface area contributed by atoms with Crippen LogP contribution in [0.25, 0.3) is 0 Å². The Hall–Kier alpha value is -2.65. The fourth-order valence-corrected chi connectivity index (χ4v) is 3.81. The molecule has 8 nitrogen and oxygen atoms in total. The van der Waals surface area contributed by atoms with E-state index in [2.05, 4.69) is 25.2 Å². The van der Waals surface area contributed by atoms with Gasteiger partial charge >= 0.3 is 0 Å². The van der Waals surface area contributed by atoms with Crippen LogP contribution in [0.3, 0.4) is 0 Å². The molecule has 0 aliphatic carbocycles. The van der Waals surface area contributed by atoms with Crippen molar-refractivity contribution in [3.05, 3.63) is 42.1 Å². The minimum absolute atomic E-state index is 0.102. The molecular weight excluding hydrogens is 366 g/mol. The number of rotatable bonds is 8. The summed E-state index contributed by atoms with van der Waals surface area (Å²) in [7, 11) is 0.278. The first-order valence-electron chi connectivity index (χ1n) is 8.64. The van der Waals surface area contributed by atoms with Crippen LogP contribution < -0.4 is 15.4 Å². The molecule has 9 heteroatoms. The second-order valence-corrected chi connectivity index (χ2v) is 8.35. The highest BCUT2D eigenvalue weighted by Gasteiger charge is 2.22. The number of benzene rings is 1. The molecule has 3 N–H and O–H groups in total. The van der Waals surface area contributed by atoms with E-state index in [9.17, 15) is 13.2 Å². The van der Waals surface area contributed by atoms with Gasteiger partial charge in [-0.3, -0.25) is 9.52 Å². The Morgan fingerprint density at radius 1 is 1.22 bits per heavy atom. The molecule has 144 valence electrons. The van der Waals surface area contributed by atoms with Gasteiger partial charge in [0.25, 0.3) is 10.0 Å². The molecule has 1 amide bonds. The van der Waals surface area contributed by atoms with Crippen LogP contribution in [0, 0.1) is 0 Å². The van der Waals surface area contributed by atoms with Crippen molar-refractivity contribution < 1.29 is 13.2 Å². The Kier molecular flexibility index (Phi) is 5.62. The standard InChI is InChI=1S/C18H23N5O3S/c1-23(2)9-3-8-19-14-4-7-17(20-12-14)22-27(25,26)15-5-6-16-13(10-15)11-18(24)21-16/h4-7,10,12,19H,3,8-9,11H2,1-2H3,(H,20,22)(H,21,24). The highest BCUT2D eigenvalue weighted by molar-refractivity contribution is 7.92. The molecule has 0 saturated heterocycles. The minimum atomic E-state index is -3.77. The maximum absolute atomic E-state index is 12.6. The predicted octanol–water partition coefficient (Wildman–Crippen LogP) is 1.74. The first kappa shape index (κ1) is 19.1. The van der Waals surface area contributed by atoms with Gasteiger partial charge in [0.15, 0.2) is 0 Å². The van der Waals surface area contributed by atoms with Gasteiger partial charge in [-0.05, 0) is 63.0 Å². The lowest BCUT2D eigenvalue weighted by Crippen LogP contribution is -2.16. The molecule has 2 heterocycles. The third-order valence-corrected chi connectivity index (χ3v) is 5.48. The highest BCUT2D eigenvalue weighted by atomic mass is 32.2. The lowest BCUT2D eigenvalue weighted by atomic mass is 10.2. The Balaban J connectivity index is 1.62. The number of carbonyl (C=O) groups excluding carboxylic acids is 1. The van der Waals surface area contributed by atoms with Crippen molar-refractivity contribution in [2.24, 2.45) is 0 Å². The Bertz CT molecular complexity index is 927. The number of sulfonamides is 1. The van der Waals surface area contributed by atoms with Crippen LogP contribution in [0.1, 0.15) is 12.0 Å². The van der Waals surface area contributed by atoms with Crippen molar-refractivity contribution in [2.75, 3.05) is 42.5 Å². The van der Waals surface area contributed by atoms with Crippen molar-refractivity contribution in [3.63, 3.8) is 0 Å². The molecule has 0 bridgehead atoms. The summed E-state index contributed by atoms with van der Waals surface area (Å²) in [5, 5.41) is 5.93. The molecule has 1 aliphatic rings. The van der Waals surface area contributed by atoms with Crippen LogP contribution in [0.4, 0.5) is 17.2 Å². The summed E-state index contributed by atoms with van der Waals surface area (Å²) in [5.74, 6) is 0.103. The first-order valence-corrected chi connectivity index (χ1v) is 10.1. The molecule has 27 heavy (non-hydrogen) atoms. The molecule has 0 saturated carbocycles. The quantitative estimate of drug-likeness (QED) is 0.594. The molecule has 0 radical (unpaired) electrons. The Morgan fingerprint density at radius 3 is 2.74 bits per heavy atom. The summed E-state index contributed by atoms with van der Waals surface area (Å²) < 4.78 is 27.6. The summed E-state index contributed by atoms with van der Waals surface area (Å²) in [6, 6.07) is 7.97. The monoisotopic (exact) mass is 389 g/mol. The second-order valence-electron chi connectivity index (χ2n) is 6.67. The smallest absolute Gasteiger partial charge is 0.263 e. The highest BCUT2D eigenvalue weighted by Crippen LogP contribution is 2.26. The van der Waals surface area contributed by atoms with Gasteiger partial charge in [0.05, 0.1) is 23.2 Å². The van der Waals surface area contributed by atoms with E-state index < -0.39 is 10.0 Å². The van der Waals surface area contributed by atoms with Crippen molar-refractivity contribution in [2.45, 2.75) is 17.7 Å². The summed E-state index contributed by atoms with van der Waals surface area (Å²) >= 11 is 0. The summed E-state index contributed by atoms with van der Waals surface area (Å²) in [6.45, 7) is 1.80. The number of anilines is 3. The summed E-state index contributed by atoms with van der Waals surface area (Å²) in [5.41, 5.74) is 2.16. The summed E-state index contributed by atoms with van der Waals surface area (Å²) in [6.07, 6.45) is 2.78. The van der Waals surface area contributed by atoms with Crippen LogP contribution >= 0.6 is 0 Å². The van der Waals surface area contributed by atoms with E-state index in [0.29, 0.717) is 11.3 Å². The van der Waals surface area contributed by atoms with E-state index in [-0.39, 0.29) is 23.0 Å². The molecule has 1 aliphatic heterocycles. The fourth-order valence-electron chi connectivity index (χ4n) is 2.76. The van der Waals surface area contributed by atoms with Crippen molar-refractivity contribution >= 4 is 33.1 Å². The zero-order chi connectivity index (χ0) is 19.4. The van der Waals surface area contributed by atoms with Crippen LogP contribution in [0.5, 0.6) is 0 Å². The maximum Gasteiger partial charge on any atom is 0.263 e. The molecule has 0 spiro atoms. The number of nitrogens with one attached hydrogen (secondary N) is 3. The number of nitrogens with zero attached hydrogens (tertiary/aromatic N) is 2. The minimum Gasteiger partial charge on any atom is -0.384 e. The van der Waals surface area contributed by atoms with E-state index in [0.717, 1.165) is 25.2 Å². The molecule has 1 aromatic carbocycles. The van der Waals surface area contributed by atoms with E-state index in [1.165, 1.54) is 12.1 Å². The maximum atomic E-state index is 12.6. The Labute approximate surface area is 159 Å². The molecule has 2 aromatic rings. The first-order chi connectivity index (χ1) is 12.8. The normalized spacial score (nSPS) is 13.4. The zero-order valence-corrected chi connectivity index (χ0v) is 16.1. The number of amides is 1. The van der Waals surface area contributed by atoms with Crippen molar-refractivity contribution in [3.8, 4) is 0 Å². The topological polar surface area (TPSA) is 103 Å². The molecule has 0 atom stereocenters. The molecule has 0 fully saturated rings. The number of pyridine rings is 1. The van der Waals surface area contributed by atoms with Gasteiger partial charge in [-0.25, -0.2) is 13.4 Å². The number of aromatic nitrogens is 1. The lowest BCUT2D eigenvalue weighted by molar-refractivity contribution is -0.115. The van der Waals surface area contributed by atoms with E-state index in [1.807, 2.05) is 14.1 Å². The van der Waals surface area contributed by atoms with Gasteiger partial charge in [0.2, 0.25) is 5.91 Å². The molecule has 1 aromatic heterocycles. The van der Waals surface area contributed by atoms with E-state index in [1.54, 1.807) is 24.4 Å². The van der Waals surface area contributed by atoms with Crippen molar-refractivity contribution in [1.29, 1.82) is 0 Å². The van der Waals surface area contributed by atoms with Gasteiger partial charge in [0, 0.05) is 12.2 Å². The lowest BCUT2D eigenvalue weighted by Gasteiger charge is -2.11. The van der Waals surface area contributed by atoms with Gasteiger partial charge in [0.1, 0.15) is 5.82 Å². The van der Waals surface area contributed by atoms with Gasteiger partial charge in [-0.15, -0.1) is 0 Å². The average Bonchev–Trinajstić information content (AvgIpc) is 2.99. The van der Waals surface area contributed by atoms with Crippen molar-refractivity contribution in [1.82, 2.24) is 9.88 Å². The predicted molar refractivity (Wildman–Crippen MR) is 105 cm³/mol. The zero-order valence-electron chi connectivity index (χ0n) is 15.3. The fraction of sp³-hybridized carbons (Fsp3) is 0.333. The second kappa shape index (κ2) is 7.93. The SMILES string of the molecule is CN(C)CCCNc1ccc(NS(=O)(=O)c2ccc3c(c2)CC(=O)N3)nc1. The third kappa shape index (κ3) is 4.95. The van der Waals surface area contributed by atoms with Crippen LogP contribution in [-0.4, -0.2) is 51.4 Å². The van der Waals surface area contributed by atoms with Crippen LogP contribution in [0.15, 0.2) is 41.4 Å². The third-order valence-electron chi connectivity index (χ3n) is 4.13. The number of carbonyl (C=O) groups is 1. The number of hydrogen-bond acceptors (Lipinski definition) is 6. The van der Waals surface area contributed by atoms with Crippen LogP contribution in [0.2, 0.25) is 0 Å². The Morgan fingerprint density at radius 2 is 2.04 bits per heavy atom. The number of fused-ring (bicyclic) bond motifs is 1. The molecular formula is C18H23N5O3S. The van der Waals surface area contributed by atoms with Crippen LogP contribution in [-0.2, 0) is 21.2 Å². The average molecular weight is 389 g/mol. The largest absolute Gasteiger partial charge is 0.384 e. The van der Waals surface area contributed by atoms with Gasteiger partial charge in [-0.2, -0.15) is 0 Å². The van der Waals surface area contributed by atoms with E-state index in [4.69, 9.17) is 0 Å². The molecule has 3 rings (SSSR count). The number of hydrogen-bond donors (Lipinski definition) is 3. The van der Waals surface area contributed by atoms with Gasteiger partial charge < -0.3 is 15.5 Å². The summed E-state index contributed by atoms with van der Waals surface area (Å²) in [4.78, 5) is 17.8. The van der Waals surface area contributed by atoms with E-state index >= 15 is 0 Å². The van der Waals surface area contributed by atoms with Gasteiger partial charge in [-0.1, -0.05) is 0 Å².